The zero-order valence-electron chi connectivity index (χ0n) is 11.5. The summed E-state index contributed by atoms with van der Waals surface area (Å²) in [5.74, 6) is 0. The molecule has 0 aromatic carbocycles. The fourth-order valence-corrected chi connectivity index (χ4v) is 13.8. The summed E-state index contributed by atoms with van der Waals surface area (Å²) in [4.78, 5) is 0. The topological polar surface area (TPSA) is 0 Å². The Balaban J connectivity index is 2.46. The van der Waals surface area contributed by atoms with Crippen molar-refractivity contribution in [3.05, 3.63) is 44.2 Å². The van der Waals surface area contributed by atoms with E-state index in [1.807, 2.05) is 0 Å². The van der Waals surface area contributed by atoms with Crippen molar-refractivity contribution >= 4 is 0 Å². The summed E-state index contributed by atoms with van der Waals surface area (Å²) < 4.78 is 5.27. The van der Waals surface area contributed by atoms with Crippen LogP contribution in [0.1, 0.15) is 40.5 Å². The molecule has 0 aliphatic heterocycles. The molecule has 0 heterocycles. The van der Waals surface area contributed by atoms with Crippen LogP contribution in [-0.2, 0) is 16.6 Å². The molecule has 2 aliphatic rings. The summed E-state index contributed by atoms with van der Waals surface area (Å²) in [6, 6.07) is 0. The molecule has 0 radical (unpaired) electrons. The Morgan fingerprint density at radius 1 is 0.824 bits per heavy atom. The summed E-state index contributed by atoms with van der Waals surface area (Å²) in [7, 11) is 0. The zero-order valence-corrected chi connectivity index (χ0v) is 13.1. The van der Waals surface area contributed by atoms with Crippen molar-refractivity contribution in [3.63, 3.8) is 0 Å². The summed E-state index contributed by atoms with van der Waals surface area (Å²) in [5.41, 5.74) is 0. The Labute approximate surface area is 110 Å². The van der Waals surface area contributed by atoms with Gasteiger partial charge in [0.05, 0.1) is 0 Å². The number of allylic oxidation sites excluding steroid dienone is 8. The van der Waals surface area contributed by atoms with E-state index in [0.717, 1.165) is 8.45 Å². The van der Waals surface area contributed by atoms with Crippen LogP contribution in [0.3, 0.4) is 0 Å². The molecule has 0 amide bonds. The maximum absolute atomic E-state index is 2.46. The zero-order chi connectivity index (χ0) is 12.5. The van der Waals surface area contributed by atoms with Crippen LogP contribution >= 0.6 is 0 Å². The van der Waals surface area contributed by atoms with Gasteiger partial charge in [0.15, 0.2) is 0 Å². The third kappa shape index (κ3) is 2.06. The van der Waals surface area contributed by atoms with Crippen molar-refractivity contribution in [2.75, 3.05) is 0 Å². The molecule has 0 unspecified atom stereocenters. The predicted molar refractivity (Wildman–Crippen MR) is 73.9 cm³/mol. The molecule has 0 aromatic heterocycles. The van der Waals surface area contributed by atoms with Gasteiger partial charge < -0.3 is 0 Å². The van der Waals surface area contributed by atoms with E-state index in [1.54, 1.807) is 7.76 Å². The van der Waals surface area contributed by atoms with Crippen LogP contribution in [0, 0.1) is 0 Å². The molecule has 0 fully saturated rings. The first-order valence-corrected chi connectivity index (χ1v) is 10.2. The van der Waals surface area contributed by atoms with Gasteiger partial charge >= 0.3 is 110 Å². The molecule has 0 bridgehead atoms. The quantitative estimate of drug-likeness (QED) is 0.589. The van der Waals surface area contributed by atoms with Crippen molar-refractivity contribution in [3.8, 4) is 0 Å². The Bertz CT molecular complexity index is 365. The molecule has 2 rings (SSSR count). The Hall–Kier alpha value is -0.326. The molecule has 0 spiro atoms. The standard InChI is InChI=1S/2C5H5.2C3H7.Ti/c2*1-2-4-5-3-1;2*1-3-2;/h2*1-3H,4H2;2*3H,1-2H3;. The second-order valence-corrected chi connectivity index (χ2v) is 14.2. The van der Waals surface area contributed by atoms with Gasteiger partial charge in [-0.3, -0.25) is 0 Å². The molecule has 0 atom stereocenters. The van der Waals surface area contributed by atoms with Crippen molar-refractivity contribution in [2.24, 2.45) is 0 Å². The van der Waals surface area contributed by atoms with Gasteiger partial charge in [-0.25, -0.2) is 0 Å². The summed E-state index contributed by atoms with van der Waals surface area (Å²) in [6.45, 7) is 9.83. The van der Waals surface area contributed by atoms with E-state index in [-0.39, 0.29) is 0 Å². The minimum atomic E-state index is -2.10. The third-order valence-corrected chi connectivity index (χ3v) is 14.6. The normalized spacial score (nSPS) is 19.4. The second kappa shape index (κ2) is 5.12. The van der Waals surface area contributed by atoms with Gasteiger partial charge in [-0.2, -0.15) is 0 Å². The SMILES string of the molecule is C[CH](C)[Ti]([C]1=CC=CC1)([C]1=CC=CC1)[CH](C)C. The Kier molecular flexibility index (Phi) is 3.95. The van der Waals surface area contributed by atoms with Crippen molar-refractivity contribution in [1.29, 1.82) is 0 Å². The van der Waals surface area contributed by atoms with Crippen molar-refractivity contribution < 1.29 is 16.6 Å². The average Bonchev–Trinajstić information content (AvgIpc) is 2.88. The van der Waals surface area contributed by atoms with Gasteiger partial charge in [0.25, 0.3) is 0 Å². The number of hydrogen-bond donors (Lipinski definition) is 0. The number of hydrogen-bond acceptors (Lipinski definition) is 0. The van der Waals surface area contributed by atoms with E-state index in [2.05, 4.69) is 64.2 Å². The second-order valence-electron chi connectivity index (χ2n) is 5.83. The summed E-state index contributed by atoms with van der Waals surface area (Å²) in [6.07, 6.45) is 16.5. The molecular weight excluding hydrogens is 240 g/mol. The molecule has 0 saturated carbocycles. The molecule has 2 aliphatic carbocycles. The third-order valence-electron chi connectivity index (χ3n) is 4.43. The van der Waals surface area contributed by atoms with Gasteiger partial charge in [-0.05, 0) is 0 Å². The van der Waals surface area contributed by atoms with Gasteiger partial charge in [-0.1, -0.05) is 0 Å². The molecule has 0 nitrogen and oxygen atoms in total. The van der Waals surface area contributed by atoms with Crippen LogP contribution in [0.5, 0.6) is 0 Å². The van der Waals surface area contributed by atoms with E-state index in [9.17, 15) is 0 Å². The van der Waals surface area contributed by atoms with E-state index < -0.39 is 16.6 Å². The fourth-order valence-electron chi connectivity index (χ4n) is 3.86. The van der Waals surface area contributed by atoms with Crippen LogP contribution in [0.15, 0.2) is 44.2 Å². The maximum atomic E-state index is 2.46. The monoisotopic (exact) mass is 264 g/mol. The Morgan fingerprint density at radius 2 is 1.24 bits per heavy atom. The van der Waals surface area contributed by atoms with Crippen molar-refractivity contribution in [2.45, 2.75) is 49.0 Å². The van der Waals surface area contributed by atoms with Crippen LogP contribution < -0.4 is 0 Å². The fraction of sp³-hybridized carbons (Fsp3) is 0.500. The molecule has 1 heteroatoms. The van der Waals surface area contributed by atoms with Gasteiger partial charge in [0.2, 0.25) is 0 Å². The van der Waals surface area contributed by atoms with Gasteiger partial charge in [-0.15, -0.1) is 0 Å². The van der Waals surface area contributed by atoms with Crippen LogP contribution in [0.4, 0.5) is 0 Å². The van der Waals surface area contributed by atoms with Crippen LogP contribution in [-0.4, -0.2) is 0 Å². The van der Waals surface area contributed by atoms with E-state index in [4.69, 9.17) is 0 Å². The van der Waals surface area contributed by atoms with Gasteiger partial charge in [0.1, 0.15) is 0 Å². The Morgan fingerprint density at radius 3 is 1.47 bits per heavy atom. The van der Waals surface area contributed by atoms with E-state index >= 15 is 0 Å². The molecular formula is C16H24Ti. The molecule has 0 N–H and O–H groups in total. The van der Waals surface area contributed by atoms with E-state index in [1.165, 1.54) is 12.8 Å². The van der Waals surface area contributed by atoms with Crippen LogP contribution in [0.2, 0.25) is 8.45 Å². The minimum absolute atomic E-state index is 0.840. The average molecular weight is 264 g/mol. The van der Waals surface area contributed by atoms with E-state index in [0.29, 0.717) is 0 Å². The summed E-state index contributed by atoms with van der Waals surface area (Å²) >= 11 is -2.10. The molecule has 92 valence electrons. The van der Waals surface area contributed by atoms with Crippen LogP contribution in [0.25, 0.3) is 0 Å². The molecule has 0 saturated heterocycles. The first-order chi connectivity index (χ1) is 8.10. The number of rotatable bonds is 4. The van der Waals surface area contributed by atoms with Crippen molar-refractivity contribution in [1.82, 2.24) is 0 Å². The first kappa shape index (κ1) is 13.1. The first-order valence-electron chi connectivity index (χ1n) is 6.82. The summed E-state index contributed by atoms with van der Waals surface area (Å²) in [5, 5.41) is 0. The molecule has 17 heavy (non-hydrogen) atoms. The predicted octanol–water partition coefficient (Wildman–Crippen LogP) is 5.48. The van der Waals surface area contributed by atoms with Gasteiger partial charge in [0, 0.05) is 0 Å². The molecule has 0 aromatic rings.